The topological polar surface area (TPSA) is 70.9 Å². The molecule has 0 saturated carbocycles. The van der Waals surface area contributed by atoms with Crippen molar-refractivity contribution in [2.75, 3.05) is 0 Å². The van der Waals surface area contributed by atoms with Crippen molar-refractivity contribution in [2.45, 2.75) is 36.2 Å². The fourth-order valence-corrected chi connectivity index (χ4v) is 3.59. The van der Waals surface area contributed by atoms with Gasteiger partial charge in [0.1, 0.15) is 5.69 Å². The fourth-order valence-electron chi connectivity index (χ4n) is 2.53. The number of hydrogen-bond acceptors (Lipinski definition) is 3. The number of carbonyl (C=O) groups excluding carboxylic acids is 1. The molecular weight excluding hydrogens is 318 g/mol. The number of primary amides is 1. The summed E-state index contributed by atoms with van der Waals surface area (Å²) in [5, 5.41) is 4.44. The van der Waals surface area contributed by atoms with Crippen LogP contribution in [0.15, 0.2) is 58.3 Å². The minimum Gasteiger partial charge on any atom is -0.364 e. The van der Waals surface area contributed by atoms with Crippen molar-refractivity contribution >= 4 is 28.6 Å². The predicted molar refractivity (Wildman–Crippen MR) is 99.4 cm³/mol. The fraction of sp³-hybridized carbons (Fsp3) is 0.211. The molecule has 0 fully saturated rings. The van der Waals surface area contributed by atoms with Crippen LogP contribution in [0.4, 0.5) is 0 Å². The molecule has 0 aliphatic carbocycles. The number of nitrogens with one attached hydrogen (secondary N) is 2. The van der Waals surface area contributed by atoms with Gasteiger partial charge in [-0.15, -0.1) is 0 Å². The standard InChI is InChI=1S/C19H21N3OS/c1-12(2)21-11-13-8-9-16-15(10-13)18(17(22-16)19(20)23)24-14-6-4-3-5-7-14/h3-10,12,21-22H,11H2,1-2H3,(H2,20,23). The zero-order valence-corrected chi connectivity index (χ0v) is 14.6. The van der Waals surface area contributed by atoms with Crippen molar-refractivity contribution in [3.05, 3.63) is 59.8 Å². The summed E-state index contributed by atoms with van der Waals surface area (Å²) in [6, 6.07) is 16.6. The molecule has 0 radical (unpaired) electrons. The molecule has 24 heavy (non-hydrogen) atoms. The van der Waals surface area contributed by atoms with E-state index in [-0.39, 0.29) is 0 Å². The Balaban J connectivity index is 2.03. The number of aromatic nitrogens is 1. The highest BCUT2D eigenvalue weighted by Gasteiger charge is 2.17. The smallest absolute Gasteiger partial charge is 0.266 e. The number of amides is 1. The number of benzene rings is 2. The van der Waals surface area contributed by atoms with E-state index in [0.717, 1.165) is 27.2 Å². The number of aromatic amines is 1. The Bertz CT molecular complexity index is 856. The number of nitrogens with two attached hydrogens (primary N) is 1. The first-order valence-corrected chi connectivity index (χ1v) is 8.77. The van der Waals surface area contributed by atoms with Crippen molar-refractivity contribution in [2.24, 2.45) is 5.73 Å². The Hall–Kier alpha value is -2.24. The maximum atomic E-state index is 11.8. The summed E-state index contributed by atoms with van der Waals surface area (Å²) >= 11 is 1.56. The Morgan fingerprint density at radius 3 is 2.62 bits per heavy atom. The molecule has 5 heteroatoms. The van der Waals surface area contributed by atoms with Crippen LogP contribution < -0.4 is 11.1 Å². The van der Waals surface area contributed by atoms with E-state index in [4.69, 9.17) is 5.73 Å². The molecule has 0 bridgehead atoms. The van der Waals surface area contributed by atoms with Crippen molar-refractivity contribution in [1.29, 1.82) is 0 Å². The first-order chi connectivity index (χ1) is 11.5. The predicted octanol–water partition coefficient (Wildman–Crippen LogP) is 3.92. The molecule has 124 valence electrons. The zero-order chi connectivity index (χ0) is 17.1. The molecule has 0 saturated heterocycles. The highest BCUT2D eigenvalue weighted by Crippen LogP contribution is 2.36. The summed E-state index contributed by atoms with van der Waals surface area (Å²) in [6.45, 7) is 5.04. The van der Waals surface area contributed by atoms with E-state index >= 15 is 0 Å². The molecule has 1 aromatic heterocycles. The zero-order valence-electron chi connectivity index (χ0n) is 13.8. The average molecular weight is 339 g/mol. The maximum absolute atomic E-state index is 11.8. The van der Waals surface area contributed by atoms with Gasteiger partial charge in [-0.25, -0.2) is 0 Å². The molecule has 4 nitrogen and oxygen atoms in total. The van der Waals surface area contributed by atoms with Gasteiger partial charge in [0.2, 0.25) is 0 Å². The van der Waals surface area contributed by atoms with E-state index in [2.05, 4.69) is 36.3 Å². The van der Waals surface area contributed by atoms with Crippen LogP contribution in [-0.2, 0) is 6.54 Å². The second-order valence-electron chi connectivity index (χ2n) is 6.02. The summed E-state index contributed by atoms with van der Waals surface area (Å²) in [6.07, 6.45) is 0. The van der Waals surface area contributed by atoms with Gasteiger partial charge in [0, 0.05) is 28.4 Å². The van der Waals surface area contributed by atoms with E-state index in [9.17, 15) is 4.79 Å². The highest BCUT2D eigenvalue weighted by molar-refractivity contribution is 7.99. The molecule has 3 aromatic rings. The SMILES string of the molecule is CC(C)NCc1ccc2[nH]c(C(N)=O)c(Sc3ccccc3)c2c1. The molecule has 4 N–H and O–H groups in total. The van der Waals surface area contributed by atoms with E-state index in [1.54, 1.807) is 11.8 Å². The molecule has 1 heterocycles. The average Bonchev–Trinajstić information content (AvgIpc) is 2.92. The number of rotatable bonds is 6. The van der Waals surface area contributed by atoms with Crippen molar-refractivity contribution < 1.29 is 4.79 Å². The third-order valence-corrected chi connectivity index (χ3v) is 4.88. The normalized spacial score (nSPS) is 11.3. The number of fused-ring (bicyclic) bond motifs is 1. The van der Waals surface area contributed by atoms with Crippen LogP contribution in [0, 0.1) is 0 Å². The molecule has 0 spiro atoms. The summed E-state index contributed by atoms with van der Waals surface area (Å²) in [4.78, 5) is 17.0. The first kappa shape index (κ1) is 16.6. The van der Waals surface area contributed by atoms with Crippen LogP contribution in [0.2, 0.25) is 0 Å². The van der Waals surface area contributed by atoms with Gasteiger partial charge in [0.05, 0.1) is 4.90 Å². The summed E-state index contributed by atoms with van der Waals surface area (Å²) in [5.74, 6) is -0.438. The van der Waals surface area contributed by atoms with Crippen LogP contribution >= 0.6 is 11.8 Å². The lowest BCUT2D eigenvalue weighted by atomic mass is 10.1. The van der Waals surface area contributed by atoms with Crippen molar-refractivity contribution in [1.82, 2.24) is 10.3 Å². The van der Waals surface area contributed by atoms with Gasteiger partial charge in [0.15, 0.2) is 0 Å². The largest absolute Gasteiger partial charge is 0.364 e. The second kappa shape index (κ2) is 7.11. The molecule has 0 unspecified atom stereocenters. The lowest BCUT2D eigenvalue weighted by Gasteiger charge is -2.08. The molecule has 0 aliphatic heterocycles. The van der Waals surface area contributed by atoms with E-state index < -0.39 is 5.91 Å². The molecule has 2 aromatic carbocycles. The molecule has 0 aliphatic rings. The summed E-state index contributed by atoms with van der Waals surface area (Å²) < 4.78 is 0. The Morgan fingerprint density at radius 1 is 1.21 bits per heavy atom. The Labute approximate surface area is 145 Å². The van der Waals surface area contributed by atoms with Crippen LogP contribution in [-0.4, -0.2) is 16.9 Å². The van der Waals surface area contributed by atoms with E-state index in [0.29, 0.717) is 11.7 Å². The van der Waals surface area contributed by atoms with Gasteiger partial charge in [-0.3, -0.25) is 4.79 Å². The number of hydrogen-bond donors (Lipinski definition) is 3. The number of carbonyl (C=O) groups is 1. The van der Waals surface area contributed by atoms with Gasteiger partial charge < -0.3 is 16.0 Å². The van der Waals surface area contributed by atoms with Crippen LogP contribution in [0.3, 0.4) is 0 Å². The van der Waals surface area contributed by atoms with Gasteiger partial charge in [-0.2, -0.15) is 0 Å². The highest BCUT2D eigenvalue weighted by atomic mass is 32.2. The molecule has 1 amide bonds. The van der Waals surface area contributed by atoms with Gasteiger partial charge in [0.25, 0.3) is 5.91 Å². The lowest BCUT2D eigenvalue weighted by Crippen LogP contribution is -2.21. The van der Waals surface area contributed by atoms with Crippen molar-refractivity contribution in [3.8, 4) is 0 Å². The minimum absolute atomic E-state index is 0.422. The van der Waals surface area contributed by atoms with Crippen LogP contribution in [0.25, 0.3) is 10.9 Å². The number of H-pyrrole nitrogens is 1. The second-order valence-corrected chi connectivity index (χ2v) is 7.11. The van der Waals surface area contributed by atoms with Crippen LogP contribution in [0.1, 0.15) is 29.9 Å². The monoisotopic (exact) mass is 339 g/mol. The van der Waals surface area contributed by atoms with E-state index in [1.165, 1.54) is 5.56 Å². The van der Waals surface area contributed by atoms with Crippen LogP contribution in [0.5, 0.6) is 0 Å². The Morgan fingerprint density at radius 2 is 1.96 bits per heavy atom. The summed E-state index contributed by atoms with van der Waals surface area (Å²) in [5.41, 5.74) is 8.15. The third-order valence-electron chi connectivity index (χ3n) is 3.74. The Kier molecular flexibility index (Phi) is 4.92. The molecule has 3 rings (SSSR count). The molecule has 0 atom stereocenters. The minimum atomic E-state index is -0.438. The van der Waals surface area contributed by atoms with Gasteiger partial charge in [-0.05, 0) is 29.8 Å². The quantitative estimate of drug-likeness (QED) is 0.637. The molecular formula is C19H21N3OS. The van der Waals surface area contributed by atoms with E-state index in [1.807, 2.05) is 36.4 Å². The summed E-state index contributed by atoms with van der Waals surface area (Å²) in [7, 11) is 0. The maximum Gasteiger partial charge on any atom is 0.266 e. The first-order valence-electron chi connectivity index (χ1n) is 7.95. The van der Waals surface area contributed by atoms with Gasteiger partial charge >= 0.3 is 0 Å². The lowest BCUT2D eigenvalue weighted by molar-refractivity contribution is 0.0993. The third kappa shape index (κ3) is 3.63. The van der Waals surface area contributed by atoms with Gasteiger partial charge in [-0.1, -0.05) is 49.9 Å². The van der Waals surface area contributed by atoms with Crippen molar-refractivity contribution in [3.63, 3.8) is 0 Å².